The van der Waals surface area contributed by atoms with Crippen LogP contribution in [-0.2, 0) is 19.3 Å². The van der Waals surface area contributed by atoms with Gasteiger partial charge in [0, 0.05) is 10.9 Å². The Balaban J connectivity index is 1.54. The molecule has 0 aliphatic heterocycles. The Morgan fingerprint density at radius 1 is 0.730 bits per heavy atom. The molecule has 0 aliphatic carbocycles. The van der Waals surface area contributed by atoms with E-state index in [4.69, 9.17) is 0 Å². The summed E-state index contributed by atoms with van der Waals surface area (Å²) in [6.07, 6.45) is -2.04. The van der Waals surface area contributed by atoms with Gasteiger partial charge in [0.05, 0.1) is 0 Å². The van der Waals surface area contributed by atoms with Crippen LogP contribution < -0.4 is 4.74 Å². The average molecular weight is 518 g/mol. The standard InChI is InChI=1S/C29H21F7O/c1-2-3-4-17-6-11-22(24(30)13-17)20-10-12-23-21(16-20)9-8-19(27(23)33)7-5-18-14-25(31)28(26(32)15-18)37-29(34,35)36/h2,6,8-16H,1,3-5,7H2. The molecule has 4 rings (SSSR count). The summed E-state index contributed by atoms with van der Waals surface area (Å²) in [6, 6.07) is 14.5. The Morgan fingerprint density at radius 3 is 2.08 bits per heavy atom. The summed E-state index contributed by atoms with van der Waals surface area (Å²) in [4.78, 5) is 0. The first-order chi connectivity index (χ1) is 17.6. The number of ether oxygens (including phenoxy) is 1. The lowest BCUT2D eigenvalue weighted by atomic mass is 9.96. The molecule has 4 aromatic rings. The molecule has 0 heterocycles. The van der Waals surface area contributed by atoms with Gasteiger partial charge in [-0.05, 0) is 77.6 Å². The SMILES string of the molecule is C=CCCc1ccc(-c2ccc3c(F)c(CCc4cc(F)c(OC(F)(F)F)c(F)c4)ccc3c2)c(F)c1. The van der Waals surface area contributed by atoms with Gasteiger partial charge in [0.2, 0.25) is 5.75 Å². The van der Waals surface area contributed by atoms with Crippen LogP contribution in [0.25, 0.3) is 21.9 Å². The normalized spacial score (nSPS) is 11.6. The molecule has 0 aromatic heterocycles. The van der Waals surface area contributed by atoms with Gasteiger partial charge >= 0.3 is 6.36 Å². The minimum absolute atomic E-state index is 0.0237. The zero-order valence-corrected chi connectivity index (χ0v) is 19.4. The number of benzene rings is 4. The summed E-state index contributed by atoms with van der Waals surface area (Å²) in [5, 5.41) is 0.829. The van der Waals surface area contributed by atoms with Gasteiger partial charge in [0.25, 0.3) is 0 Å². The smallest absolute Gasteiger partial charge is 0.399 e. The topological polar surface area (TPSA) is 9.23 Å². The molecule has 37 heavy (non-hydrogen) atoms. The van der Waals surface area contributed by atoms with Crippen LogP contribution >= 0.6 is 0 Å². The molecule has 8 heteroatoms. The zero-order chi connectivity index (χ0) is 26.7. The summed E-state index contributed by atoms with van der Waals surface area (Å²) >= 11 is 0. The first-order valence-corrected chi connectivity index (χ1v) is 11.4. The van der Waals surface area contributed by atoms with Gasteiger partial charge in [-0.3, -0.25) is 0 Å². The summed E-state index contributed by atoms with van der Waals surface area (Å²) < 4.78 is 98.2. The molecule has 0 aliphatic rings. The molecule has 192 valence electrons. The van der Waals surface area contributed by atoms with Gasteiger partial charge in [-0.15, -0.1) is 19.8 Å². The molecule has 0 radical (unpaired) electrons. The molecule has 0 N–H and O–H groups in total. The maximum Gasteiger partial charge on any atom is 0.573 e. The Hall–Kier alpha value is -3.81. The Labute approximate surface area is 208 Å². The van der Waals surface area contributed by atoms with Crippen LogP contribution in [0, 0.1) is 23.3 Å². The minimum atomic E-state index is -5.24. The summed E-state index contributed by atoms with van der Waals surface area (Å²) in [5.74, 6) is -5.46. The van der Waals surface area contributed by atoms with E-state index in [1.54, 1.807) is 30.3 Å². The highest BCUT2D eigenvalue weighted by Gasteiger charge is 2.34. The molecule has 0 spiro atoms. The van der Waals surface area contributed by atoms with Crippen molar-refractivity contribution in [2.24, 2.45) is 0 Å². The number of aryl methyl sites for hydroxylation is 3. The van der Waals surface area contributed by atoms with Crippen LogP contribution in [0.3, 0.4) is 0 Å². The van der Waals surface area contributed by atoms with Crippen LogP contribution in [0.2, 0.25) is 0 Å². The summed E-state index contributed by atoms with van der Waals surface area (Å²) in [6.45, 7) is 3.66. The first kappa shape index (κ1) is 26.3. The number of allylic oxidation sites excluding steroid dienone is 1. The van der Waals surface area contributed by atoms with E-state index in [1.165, 1.54) is 18.2 Å². The summed E-state index contributed by atoms with van der Waals surface area (Å²) in [5.41, 5.74) is 2.12. The molecule has 0 saturated heterocycles. The molecule has 0 bridgehead atoms. The van der Waals surface area contributed by atoms with E-state index in [1.807, 2.05) is 6.07 Å². The van der Waals surface area contributed by atoms with Gasteiger partial charge in [-0.25, -0.2) is 17.6 Å². The maximum absolute atomic E-state index is 15.2. The number of rotatable bonds is 8. The van der Waals surface area contributed by atoms with Crippen LogP contribution in [0.15, 0.2) is 73.3 Å². The fourth-order valence-electron chi connectivity index (χ4n) is 4.16. The Morgan fingerprint density at radius 2 is 1.43 bits per heavy atom. The number of fused-ring (bicyclic) bond motifs is 1. The van der Waals surface area contributed by atoms with E-state index in [9.17, 15) is 26.3 Å². The number of hydrogen-bond donors (Lipinski definition) is 0. The van der Waals surface area contributed by atoms with Gasteiger partial charge in [0.1, 0.15) is 11.6 Å². The highest BCUT2D eigenvalue weighted by molar-refractivity contribution is 5.88. The lowest BCUT2D eigenvalue weighted by Crippen LogP contribution is -2.19. The van der Waals surface area contributed by atoms with Crippen molar-refractivity contribution < 1.29 is 35.5 Å². The van der Waals surface area contributed by atoms with Gasteiger partial charge in [0.15, 0.2) is 11.6 Å². The molecule has 0 atom stereocenters. The third kappa shape index (κ3) is 6.13. The molecular weight excluding hydrogens is 497 g/mol. The van der Waals surface area contributed by atoms with Crippen LogP contribution in [0.1, 0.15) is 23.1 Å². The minimum Gasteiger partial charge on any atom is -0.399 e. The van der Waals surface area contributed by atoms with Crippen molar-refractivity contribution in [3.05, 3.63) is 113 Å². The van der Waals surface area contributed by atoms with E-state index in [0.717, 1.165) is 24.1 Å². The quantitative estimate of drug-likeness (QED) is 0.167. The highest BCUT2D eigenvalue weighted by Crippen LogP contribution is 2.32. The summed E-state index contributed by atoms with van der Waals surface area (Å²) in [7, 11) is 0. The van der Waals surface area contributed by atoms with Crippen LogP contribution in [0.5, 0.6) is 5.75 Å². The maximum atomic E-state index is 15.2. The highest BCUT2D eigenvalue weighted by atomic mass is 19.4. The van der Waals surface area contributed by atoms with Crippen molar-refractivity contribution in [1.29, 1.82) is 0 Å². The van der Waals surface area contributed by atoms with Gasteiger partial charge < -0.3 is 4.74 Å². The van der Waals surface area contributed by atoms with E-state index in [2.05, 4.69) is 11.3 Å². The molecule has 0 amide bonds. The van der Waals surface area contributed by atoms with Crippen molar-refractivity contribution in [3.8, 4) is 16.9 Å². The van der Waals surface area contributed by atoms with Crippen molar-refractivity contribution in [3.63, 3.8) is 0 Å². The van der Waals surface area contributed by atoms with Crippen molar-refractivity contribution >= 4 is 10.8 Å². The number of hydrogen-bond acceptors (Lipinski definition) is 1. The van der Waals surface area contributed by atoms with Crippen LogP contribution in [-0.4, -0.2) is 6.36 Å². The van der Waals surface area contributed by atoms with E-state index >= 15 is 4.39 Å². The molecule has 0 saturated carbocycles. The van der Waals surface area contributed by atoms with E-state index in [0.29, 0.717) is 22.9 Å². The second kappa shape index (κ2) is 10.7. The monoisotopic (exact) mass is 518 g/mol. The number of alkyl halides is 3. The van der Waals surface area contributed by atoms with Crippen LogP contribution in [0.4, 0.5) is 30.7 Å². The third-order valence-corrected chi connectivity index (χ3v) is 5.97. The van der Waals surface area contributed by atoms with Gasteiger partial charge in [-0.2, -0.15) is 0 Å². The molecule has 0 fully saturated rings. The largest absolute Gasteiger partial charge is 0.573 e. The lowest BCUT2D eigenvalue weighted by molar-refractivity contribution is -0.276. The first-order valence-electron chi connectivity index (χ1n) is 11.4. The van der Waals surface area contributed by atoms with E-state index in [-0.39, 0.29) is 35.2 Å². The molecule has 0 unspecified atom stereocenters. The molecule has 1 nitrogen and oxygen atoms in total. The average Bonchev–Trinajstić information content (AvgIpc) is 2.84. The fourth-order valence-corrected chi connectivity index (χ4v) is 4.16. The lowest BCUT2D eigenvalue weighted by Gasteiger charge is -2.12. The zero-order valence-electron chi connectivity index (χ0n) is 19.4. The van der Waals surface area contributed by atoms with Crippen molar-refractivity contribution in [2.75, 3.05) is 0 Å². The van der Waals surface area contributed by atoms with Crippen molar-refractivity contribution in [2.45, 2.75) is 32.0 Å². The second-order valence-electron chi connectivity index (χ2n) is 8.55. The van der Waals surface area contributed by atoms with Gasteiger partial charge in [-0.1, -0.05) is 42.5 Å². The van der Waals surface area contributed by atoms with E-state index < -0.39 is 29.6 Å². The predicted octanol–water partition coefficient (Wildman–Crippen LogP) is 8.87. The fraction of sp³-hybridized carbons (Fsp3) is 0.172. The molecular formula is C29H21F7O. The molecule has 4 aromatic carbocycles. The van der Waals surface area contributed by atoms with Crippen molar-refractivity contribution in [1.82, 2.24) is 0 Å². The number of halogens is 7. The predicted molar refractivity (Wildman–Crippen MR) is 128 cm³/mol. The Bertz CT molecular complexity index is 1430. The Kier molecular flexibility index (Phi) is 7.57. The third-order valence-electron chi connectivity index (χ3n) is 5.97. The second-order valence-corrected chi connectivity index (χ2v) is 8.55.